The van der Waals surface area contributed by atoms with E-state index in [1.165, 1.54) is 65.8 Å². The Balaban J connectivity index is 0.000000602. The van der Waals surface area contributed by atoms with Gasteiger partial charge in [-0.2, -0.15) is 0 Å². The van der Waals surface area contributed by atoms with Gasteiger partial charge in [-0.25, -0.2) is 0 Å². The number of carbonyl (C=O) groups is 6. The minimum atomic E-state index is -1.35. The maximum absolute atomic E-state index is 11.0. The van der Waals surface area contributed by atoms with Crippen LogP contribution in [0.3, 0.4) is 0 Å². The summed E-state index contributed by atoms with van der Waals surface area (Å²) in [6, 6.07) is 37.2. The normalized spacial score (nSPS) is 9.93. The molecular weight excluding hydrogens is 1180 g/mol. The van der Waals surface area contributed by atoms with Gasteiger partial charge < -0.3 is 131 Å². The Kier molecular flexibility index (Phi) is 33.3. The molecule has 10 N–H and O–H groups in total. The first-order chi connectivity index (χ1) is 39.1. The molecule has 0 aliphatic rings. The molecule has 0 aromatic heterocycles. The number of anilines is 6. The Bertz CT molecular complexity index is 2510. The van der Waals surface area contributed by atoms with E-state index in [1.807, 2.05) is 0 Å². The number of benzene rings is 6. The van der Waals surface area contributed by atoms with Gasteiger partial charge in [-0.05, 0) is 72.8 Å². The van der Waals surface area contributed by atoms with Gasteiger partial charge >= 0.3 is 34.1 Å². The number of hydrogen-bond acceptors (Lipinski definition) is 26. The number of carboxylic acid groups (broad SMARTS) is 6. The van der Waals surface area contributed by atoms with E-state index in [-0.39, 0.29) is 142 Å². The molecule has 28 heteroatoms. The molecule has 0 fully saturated rings. The van der Waals surface area contributed by atoms with E-state index < -0.39 is 75.1 Å². The van der Waals surface area contributed by atoms with Crippen LogP contribution >= 0.6 is 0 Å². The van der Waals surface area contributed by atoms with Gasteiger partial charge in [-0.3, -0.25) is 0 Å². The molecule has 2 radical (unpaired) electrons. The van der Waals surface area contributed by atoms with Crippen molar-refractivity contribution in [3.63, 3.8) is 0 Å². The third-order valence-electron chi connectivity index (χ3n) is 11.3. The fourth-order valence-corrected chi connectivity index (χ4v) is 7.76. The predicted octanol–water partition coefficient (Wildman–Crippen LogP) is -4.37. The number of para-hydroxylation sites is 12. The number of aliphatic carboxylic acids is 6. The summed E-state index contributed by atoms with van der Waals surface area (Å²) >= 11 is 0. The van der Waals surface area contributed by atoms with Gasteiger partial charge in [0.05, 0.1) is 109 Å². The van der Waals surface area contributed by atoms with Gasteiger partial charge in [-0.1, -0.05) is 72.8 Å². The molecule has 0 atom stereocenters. The molecule has 6 aromatic carbocycles. The zero-order valence-electron chi connectivity index (χ0n) is 44.9. The Hall–Kier alpha value is -9.30. The first-order valence-electron chi connectivity index (χ1n) is 24.8. The van der Waals surface area contributed by atoms with Crippen LogP contribution in [0.1, 0.15) is 0 Å². The molecule has 0 bridgehead atoms. The standard InChI is InChI=1S/3C18H20N2O6.C2H8N2.2Fe/c3*21-15-7-3-1-5-13(15)19(11-17(23)24)9-10-20(12-18(25)26)14-6-2-4-8-16(14)22;3-1-2-4;;/h3*1-8,21-22H,9-12H2,(H,23,24)(H,25,26);1-4H2;;/q;;;;2*+3/p-6. The second kappa shape index (κ2) is 38.4. The number of aromatic hydroxyl groups is 6. The number of hydrogen-bond donors (Lipinski definition) is 8. The molecule has 0 spiro atoms. The van der Waals surface area contributed by atoms with Gasteiger partial charge in [-0.15, -0.1) is 0 Å². The summed E-state index contributed by atoms with van der Waals surface area (Å²) < 4.78 is 0. The van der Waals surface area contributed by atoms with Crippen LogP contribution < -0.4 is 71.5 Å². The van der Waals surface area contributed by atoms with Gasteiger partial charge in [0.1, 0.15) is 34.5 Å². The average molecular weight is 1250 g/mol. The van der Waals surface area contributed by atoms with E-state index in [4.69, 9.17) is 11.5 Å². The summed E-state index contributed by atoms with van der Waals surface area (Å²) in [5.74, 6) is -8.72. The van der Waals surface area contributed by atoms with Crippen LogP contribution in [0.15, 0.2) is 146 Å². The molecule has 6 rings (SSSR count). The fraction of sp³-hybridized carbons (Fsp3) is 0.250. The maximum atomic E-state index is 11.0. The molecule has 26 nitrogen and oxygen atoms in total. The molecular formula is C56H62Fe2N8O18. The van der Waals surface area contributed by atoms with Crippen molar-refractivity contribution < 1.29 is 124 Å². The third-order valence-corrected chi connectivity index (χ3v) is 11.3. The molecule has 84 heavy (non-hydrogen) atoms. The van der Waals surface area contributed by atoms with E-state index in [2.05, 4.69) is 0 Å². The molecule has 0 aliphatic heterocycles. The summed E-state index contributed by atoms with van der Waals surface area (Å²) in [5, 5.41) is 126. The molecule has 6 aromatic rings. The van der Waals surface area contributed by atoms with Crippen molar-refractivity contribution in [1.82, 2.24) is 0 Å². The van der Waals surface area contributed by atoms with Crippen LogP contribution in [0.5, 0.6) is 34.5 Å². The van der Waals surface area contributed by atoms with Crippen molar-refractivity contribution in [2.45, 2.75) is 0 Å². The zero-order valence-corrected chi connectivity index (χ0v) is 47.1. The molecule has 0 unspecified atom stereocenters. The van der Waals surface area contributed by atoms with E-state index in [1.54, 1.807) is 109 Å². The van der Waals surface area contributed by atoms with Gasteiger partial charge in [0.15, 0.2) is 0 Å². The molecule has 0 heterocycles. The van der Waals surface area contributed by atoms with E-state index in [9.17, 15) is 90.0 Å². The molecule has 0 saturated carbocycles. The molecule has 0 amide bonds. The molecule has 0 saturated heterocycles. The second-order valence-electron chi connectivity index (χ2n) is 17.3. The van der Waals surface area contributed by atoms with Crippen molar-refractivity contribution in [1.29, 1.82) is 0 Å². The largest absolute Gasteiger partial charge is 3.00 e. The number of nitrogens with two attached hydrogens (primary N) is 2. The van der Waals surface area contributed by atoms with Crippen LogP contribution in [0.25, 0.3) is 0 Å². The first-order valence-corrected chi connectivity index (χ1v) is 24.8. The number of phenols is 6. The zero-order chi connectivity index (χ0) is 60.7. The summed E-state index contributed by atoms with van der Waals surface area (Å²) in [6.07, 6.45) is 0. The summed E-state index contributed by atoms with van der Waals surface area (Å²) in [5.41, 5.74) is 11.5. The van der Waals surface area contributed by atoms with Gasteiger partial charge in [0.2, 0.25) is 0 Å². The van der Waals surface area contributed by atoms with Crippen molar-refractivity contribution in [2.24, 2.45) is 11.5 Å². The summed E-state index contributed by atoms with van der Waals surface area (Å²) in [6.45, 7) is -1.36. The number of rotatable bonds is 28. The minimum absolute atomic E-state index is 0. The topological polar surface area (TPSA) is 434 Å². The van der Waals surface area contributed by atoms with Crippen LogP contribution in [-0.4, -0.2) is 158 Å². The summed E-state index contributed by atoms with van der Waals surface area (Å²) in [7, 11) is 0. The quantitative estimate of drug-likeness (QED) is 0.0215. The number of phenolic OH excluding ortho intramolecular Hbond substituents is 6. The van der Waals surface area contributed by atoms with E-state index in [0.717, 1.165) is 0 Å². The predicted molar refractivity (Wildman–Crippen MR) is 290 cm³/mol. The van der Waals surface area contributed by atoms with Crippen molar-refractivity contribution in [3.05, 3.63) is 146 Å². The van der Waals surface area contributed by atoms with Gasteiger partial charge in [0.25, 0.3) is 0 Å². The first kappa shape index (κ1) is 72.7. The van der Waals surface area contributed by atoms with Crippen LogP contribution in [0.2, 0.25) is 0 Å². The monoisotopic (exact) mass is 1250 g/mol. The Morgan fingerprint density at radius 3 is 0.488 bits per heavy atom. The van der Waals surface area contributed by atoms with Crippen LogP contribution in [-0.2, 0) is 62.9 Å². The fourth-order valence-electron chi connectivity index (χ4n) is 7.76. The van der Waals surface area contributed by atoms with Gasteiger partial charge in [0, 0.05) is 52.4 Å². The van der Waals surface area contributed by atoms with E-state index >= 15 is 0 Å². The third kappa shape index (κ3) is 25.7. The average Bonchev–Trinajstić information content (AvgIpc) is 3.61. The van der Waals surface area contributed by atoms with Crippen molar-refractivity contribution in [2.75, 3.05) is 121 Å². The van der Waals surface area contributed by atoms with Crippen molar-refractivity contribution >= 4 is 69.9 Å². The van der Waals surface area contributed by atoms with Crippen LogP contribution in [0, 0.1) is 0 Å². The smallest absolute Gasteiger partial charge is 0.548 e. The molecule has 0 aliphatic carbocycles. The number of carbonyl (C=O) groups excluding carboxylic acids is 6. The van der Waals surface area contributed by atoms with E-state index in [0.29, 0.717) is 13.1 Å². The van der Waals surface area contributed by atoms with Crippen molar-refractivity contribution in [3.8, 4) is 34.5 Å². The SMILES string of the molecule is NCCN.O=C([O-])CN(CCN(CC(=O)[O-])c1ccccc1O)c1ccccc1O.O=C([O-])CN(CCN(CC(=O)[O-])c1ccccc1O)c1ccccc1O.O=C([O-])CN(CCN(CC(=O)[O-])c1ccccc1O)c1ccccc1O.[Fe+3].[Fe+3]. The second-order valence-corrected chi connectivity index (χ2v) is 17.3. The molecule has 450 valence electrons. The number of nitrogens with zero attached hydrogens (tertiary/aromatic N) is 6. The van der Waals surface area contributed by atoms with Crippen LogP contribution in [0.4, 0.5) is 34.1 Å². The summed E-state index contributed by atoms with van der Waals surface area (Å²) in [4.78, 5) is 74.4. The maximum Gasteiger partial charge on any atom is 3.00 e. The Morgan fingerprint density at radius 1 is 0.274 bits per heavy atom. The number of carboxylic acids is 6. The minimum Gasteiger partial charge on any atom is -0.548 e. The Morgan fingerprint density at radius 2 is 0.393 bits per heavy atom. The Labute approximate surface area is 504 Å².